The van der Waals surface area contributed by atoms with Gasteiger partial charge in [-0.05, 0) is 38.1 Å². The van der Waals surface area contributed by atoms with E-state index in [4.69, 9.17) is 10.5 Å². The summed E-state index contributed by atoms with van der Waals surface area (Å²) >= 11 is -1.51. The van der Waals surface area contributed by atoms with Crippen LogP contribution in [0.1, 0.15) is 31.0 Å². The Kier molecular flexibility index (Phi) is 8.94. The van der Waals surface area contributed by atoms with Gasteiger partial charge in [-0.3, -0.25) is 9.97 Å². The number of aromatic amines is 1. The van der Waals surface area contributed by atoms with Crippen LogP contribution in [0, 0.1) is 6.92 Å². The average Bonchev–Trinajstić information content (AvgIpc) is 3.13. The van der Waals surface area contributed by atoms with Crippen LogP contribution in [-0.2, 0) is 16.9 Å². The van der Waals surface area contributed by atoms with Gasteiger partial charge in [-0.25, -0.2) is 0 Å². The number of imidazole rings is 1. The summed E-state index contributed by atoms with van der Waals surface area (Å²) in [5.41, 5.74) is 7.42. The van der Waals surface area contributed by atoms with Crippen LogP contribution in [0.15, 0.2) is 41.7 Å². The average molecular weight is 443 g/mol. The second-order valence-electron chi connectivity index (χ2n) is 6.48. The molecule has 0 aliphatic heterocycles. The number of halogens is 3. The summed E-state index contributed by atoms with van der Waals surface area (Å²) in [7, 11) is 0. The van der Waals surface area contributed by atoms with Crippen molar-refractivity contribution in [1.82, 2.24) is 15.0 Å². The summed E-state index contributed by atoms with van der Waals surface area (Å²) in [6, 6.07) is 8.62. The number of hydrogen-bond acceptors (Lipinski definition) is 5. The number of benzene rings is 1. The molecule has 2 heterocycles. The zero-order chi connectivity index (χ0) is 22.1. The maximum Gasteiger partial charge on any atom is 0.422 e. The lowest BCUT2D eigenvalue weighted by molar-refractivity contribution is -0.153. The van der Waals surface area contributed by atoms with E-state index in [1.807, 2.05) is 18.2 Å². The van der Waals surface area contributed by atoms with Gasteiger partial charge in [0.25, 0.3) is 0 Å². The van der Waals surface area contributed by atoms with Gasteiger partial charge in [0.05, 0.1) is 16.7 Å². The number of fused-ring (bicyclic) bond motifs is 1. The quantitative estimate of drug-likeness (QED) is 0.533. The van der Waals surface area contributed by atoms with Gasteiger partial charge in [-0.15, -0.1) is 0 Å². The molecule has 1 atom stereocenters. The van der Waals surface area contributed by atoms with Crippen LogP contribution in [-0.4, -0.2) is 38.8 Å². The monoisotopic (exact) mass is 442 g/mol. The molecule has 0 aliphatic carbocycles. The van der Waals surface area contributed by atoms with Crippen molar-refractivity contribution in [3.63, 3.8) is 0 Å². The van der Waals surface area contributed by atoms with E-state index in [0.29, 0.717) is 21.9 Å². The molecule has 0 amide bonds. The minimum atomic E-state index is -4.42. The minimum Gasteiger partial charge on any atom is -0.609 e. The Morgan fingerprint density at radius 3 is 2.57 bits per heavy atom. The second-order valence-corrected chi connectivity index (χ2v) is 7.84. The number of hydrogen-bond donors (Lipinski definition) is 2. The molecule has 0 bridgehead atoms. The zero-order valence-corrected chi connectivity index (χ0v) is 17.6. The zero-order valence-electron chi connectivity index (χ0n) is 16.8. The second kappa shape index (κ2) is 11.2. The first kappa shape index (κ1) is 24.0. The summed E-state index contributed by atoms with van der Waals surface area (Å²) < 4.78 is 54.2. The Bertz CT molecular complexity index is 899. The first-order valence-electron chi connectivity index (χ1n) is 9.42. The number of pyridine rings is 1. The van der Waals surface area contributed by atoms with Crippen LogP contribution >= 0.6 is 0 Å². The van der Waals surface area contributed by atoms with Gasteiger partial charge in [0, 0.05) is 22.9 Å². The van der Waals surface area contributed by atoms with E-state index in [0.717, 1.165) is 12.1 Å². The fourth-order valence-corrected chi connectivity index (χ4v) is 3.55. The van der Waals surface area contributed by atoms with Gasteiger partial charge in [-0.2, -0.15) is 18.2 Å². The lowest BCUT2D eigenvalue weighted by Crippen LogP contribution is -2.20. The molecule has 0 saturated heterocycles. The molecule has 0 aliphatic rings. The largest absolute Gasteiger partial charge is 0.609 e. The Morgan fingerprint density at radius 2 is 1.97 bits per heavy atom. The molecule has 2 aromatic heterocycles. The molecule has 6 nitrogen and oxygen atoms in total. The van der Waals surface area contributed by atoms with E-state index in [1.165, 1.54) is 25.1 Å². The third-order valence-electron chi connectivity index (χ3n) is 4.06. The van der Waals surface area contributed by atoms with Crippen molar-refractivity contribution >= 4 is 22.2 Å². The van der Waals surface area contributed by atoms with Crippen molar-refractivity contribution in [3.05, 3.63) is 47.8 Å². The molecule has 1 aromatic carbocycles. The van der Waals surface area contributed by atoms with Crippen molar-refractivity contribution in [3.8, 4) is 5.75 Å². The summed E-state index contributed by atoms with van der Waals surface area (Å²) in [6.07, 6.45) is -0.701. The normalized spacial score (nSPS) is 12.4. The summed E-state index contributed by atoms with van der Waals surface area (Å²) in [5.74, 6) is 0.0958. The molecule has 0 unspecified atom stereocenters. The number of H-pyrrole nitrogens is 1. The fraction of sp³-hybridized carbons (Fsp3) is 0.400. The fourth-order valence-electron chi connectivity index (χ4n) is 2.45. The van der Waals surface area contributed by atoms with E-state index >= 15 is 0 Å². The highest BCUT2D eigenvalue weighted by atomic mass is 32.2. The molecule has 3 rings (SSSR count). The third-order valence-corrected chi connectivity index (χ3v) is 5.22. The van der Waals surface area contributed by atoms with Crippen molar-refractivity contribution < 1.29 is 22.5 Å². The Balaban J connectivity index is 0.000000575. The van der Waals surface area contributed by atoms with Crippen LogP contribution < -0.4 is 10.5 Å². The lowest BCUT2D eigenvalue weighted by atomic mass is 10.2. The molecule has 164 valence electrons. The molecule has 10 heteroatoms. The standard InChI is InChI=1S/C16H14F3N3O2S.C4H11N/c1-10-13(20-7-6-14(10)24-9-16(17,18)19)8-25(23)15-21-11-4-2-3-5-12(11)22-15;1-2-3-4-5/h2-7H,8-9H2,1H3,(H,21,22);2-5H2,1H3/t25-;/m1./s1. The number of unbranched alkanes of at least 4 members (excludes halogenated alkanes) is 1. The molecule has 0 saturated carbocycles. The smallest absolute Gasteiger partial charge is 0.422 e. The molecule has 0 radical (unpaired) electrons. The minimum absolute atomic E-state index is 0.0227. The maximum atomic E-state index is 12.5. The SMILES string of the molecule is CCCCN.Cc1c(OCC(F)(F)F)ccnc1C[S@@+]([O-])c1nc2ccccc2[nH]1. The lowest BCUT2D eigenvalue weighted by Gasteiger charge is -2.14. The van der Waals surface area contributed by atoms with Crippen molar-refractivity contribution in [1.29, 1.82) is 0 Å². The summed E-state index contributed by atoms with van der Waals surface area (Å²) in [4.78, 5) is 11.3. The predicted octanol–water partition coefficient (Wildman–Crippen LogP) is 4.26. The maximum absolute atomic E-state index is 12.5. The van der Waals surface area contributed by atoms with Crippen molar-refractivity contribution in [2.24, 2.45) is 5.73 Å². The van der Waals surface area contributed by atoms with E-state index in [9.17, 15) is 17.7 Å². The van der Waals surface area contributed by atoms with Crippen molar-refractivity contribution in [2.45, 2.75) is 43.8 Å². The first-order valence-corrected chi connectivity index (χ1v) is 10.7. The predicted molar refractivity (Wildman–Crippen MR) is 111 cm³/mol. The van der Waals surface area contributed by atoms with Gasteiger partial charge in [-0.1, -0.05) is 25.5 Å². The number of nitrogens with two attached hydrogens (primary N) is 1. The highest BCUT2D eigenvalue weighted by Crippen LogP contribution is 2.25. The molecular formula is C20H25F3N4O2S. The van der Waals surface area contributed by atoms with Crippen LogP contribution in [0.4, 0.5) is 13.2 Å². The Labute approximate surface area is 176 Å². The van der Waals surface area contributed by atoms with Gasteiger partial charge in [0.1, 0.15) is 5.75 Å². The first-order chi connectivity index (χ1) is 14.2. The topological polar surface area (TPSA) is 99.9 Å². The molecule has 30 heavy (non-hydrogen) atoms. The van der Waals surface area contributed by atoms with Gasteiger partial charge < -0.3 is 15.0 Å². The number of alkyl halides is 3. The van der Waals surface area contributed by atoms with E-state index in [1.54, 1.807) is 13.0 Å². The third kappa shape index (κ3) is 7.19. The molecule has 0 fully saturated rings. The van der Waals surface area contributed by atoms with Crippen LogP contribution in [0.3, 0.4) is 0 Å². The van der Waals surface area contributed by atoms with E-state index < -0.39 is 24.0 Å². The van der Waals surface area contributed by atoms with Crippen LogP contribution in [0.25, 0.3) is 11.0 Å². The Hall–Kier alpha value is -2.30. The number of nitrogens with one attached hydrogen (secondary N) is 1. The van der Waals surface area contributed by atoms with E-state index in [2.05, 4.69) is 21.9 Å². The van der Waals surface area contributed by atoms with Crippen LogP contribution in [0.5, 0.6) is 5.75 Å². The Morgan fingerprint density at radius 1 is 1.23 bits per heavy atom. The van der Waals surface area contributed by atoms with Crippen LogP contribution in [0.2, 0.25) is 0 Å². The van der Waals surface area contributed by atoms with Gasteiger partial charge in [0.2, 0.25) is 0 Å². The number of nitrogens with zero attached hydrogens (tertiary/aromatic N) is 2. The molecule has 0 spiro atoms. The highest BCUT2D eigenvalue weighted by Gasteiger charge is 2.29. The summed E-state index contributed by atoms with van der Waals surface area (Å²) in [5, 5.41) is 0.295. The molecular weight excluding hydrogens is 417 g/mol. The molecule has 3 N–H and O–H groups in total. The number of para-hydroxylation sites is 2. The number of aromatic nitrogens is 3. The number of ether oxygens (including phenoxy) is 1. The van der Waals surface area contributed by atoms with Gasteiger partial charge in [0.15, 0.2) is 12.4 Å². The van der Waals surface area contributed by atoms with Crippen molar-refractivity contribution in [2.75, 3.05) is 13.2 Å². The summed E-state index contributed by atoms with van der Waals surface area (Å²) in [6.45, 7) is 3.18. The highest BCUT2D eigenvalue weighted by molar-refractivity contribution is 7.90. The van der Waals surface area contributed by atoms with E-state index in [-0.39, 0.29) is 11.5 Å². The molecule has 3 aromatic rings. The number of rotatable bonds is 7. The van der Waals surface area contributed by atoms with Gasteiger partial charge >= 0.3 is 11.3 Å².